The van der Waals surface area contributed by atoms with Gasteiger partial charge in [0.1, 0.15) is 11.6 Å². The van der Waals surface area contributed by atoms with Crippen molar-refractivity contribution in [1.82, 2.24) is 24.6 Å². The molecule has 216 valence electrons. The van der Waals surface area contributed by atoms with Crippen LogP contribution in [0.3, 0.4) is 0 Å². The van der Waals surface area contributed by atoms with Gasteiger partial charge in [0.25, 0.3) is 0 Å². The van der Waals surface area contributed by atoms with Crippen molar-refractivity contribution in [1.29, 1.82) is 0 Å². The van der Waals surface area contributed by atoms with E-state index in [1.807, 2.05) is 74.8 Å². The van der Waals surface area contributed by atoms with Gasteiger partial charge in [0, 0.05) is 31.3 Å². The van der Waals surface area contributed by atoms with Gasteiger partial charge in [-0.2, -0.15) is 5.10 Å². The zero-order valence-corrected chi connectivity index (χ0v) is 24.0. The summed E-state index contributed by atoms with van der Waals surface area (Å²) in [6, 6.07) is 12.4. The predicted octanol–water partition coefficient (Wildman–Crippen LogP) is 5.24. The molecule has 4 rings (SSSR count). The van der Waals surface area contributed by atoms with Gasteiger partial charge in [-0.25, -0.2) is 23.2 Å². The van der Waals surface area contributed by atoms with Crippen LogP contribution in [0.25, 0.3) is 11.4 Å². The quantitative estimate of drug-likeness (QED) is 0.412. The van der Waals surface area contributed by atoms with E-state index in [0.29, 0.717) is 45.0 Å². The number of carbonyl (C=O) groups is 1. The van der Waals surface area contributed by atoms with Gasteiger partial charge in [0.15, 0.2) is 11.6 Å². The number of rotatable bonds is 8. The normalized spacial score (nSPS) is 18.6. The molecule has 1 aliphatic rings. The highest BCUT2D eigenvalue weighted by atomic mass is 19.1. The molecule has 0 bridgehead atoms. The van der Waals surface area contributed by atoms with Crippen LogP contribution in [0, 0.1) is 17.0 Å². The standard InChI is InChI=1S/C30H40F2N6O2/c1-20-17-36(18-21(2)40-20)29(39)37(13-9-12-33)26(30(3,4)5)28-34-27(23-14-24(31)16-25(32)15-23)35-38(28)19-22-10-7-6-8-11-22/h6-8,10-11,14-16,20-21,26H,9,12-13,17-19,33H2,1-5H3/t20-,21+,26-/m0/s1. The third-order valence-corrected chi connectivity index (χ3v) is 6.91. The highest BCUT2D eigenvalue weighted by Crippen LogP contribution is 2.39. The first-order valence-corrected chi connectivity index (χ1v) is 13.8. The minimum atomic E-state index is -0.710. The highest BCUT2D eigenvalue weighted by Gasteiger charge is 2.41. The first kappa shape index (κ1) is 29.6. The van der Waals surface area contributed by atoms with Crippen molar-refractivity contribution in [2.45, 2.75) is 65.8 Å². The van der Waals surface area contributed by atoms with Crippen LogP contribution in [0.2, 0.25) is 0 Å². The summed E-state index contributed by atoms with van der Waals surface area (Å²) in [5.41, 5.74) is 6.65. The molecule has 2 amide bonds. The molecule has 3 atom stereocenters. The Labute approximate surface area is 235 Å². The molecule has 3 aromatic rings. The molecular weight excluding hydrogens is 514 g/mol. The van der Waals surface area contributed by atoms with Crippen molar-refractivity contribution in [3.8, 4) is 11.4 Å². The average molecular weight is 555 g/mol. The van der Waals surface area contributed by atoms with Gasteiger partial charge in [-0.3, -0.25) is 0 Å². The van der Waals surface area contributed by atoms with E-state index in [1.54, 1.807) is 4.68 Å². The highest BCUT2D eigenvalue weighted by molar-refractivity contribution is 5.75. The number of hydrogen-bond donors (Lipinski definition) is 1. The van der Waals surface area contributed by atoms with Crippen molar-refractivity contribution in [2.24, 2.45) is 11.1 Å². The topological polar surface area (TPSA) is 89.5 Å². The van der Waals surface area contributed by atoms with Crippen LogP contribution in [-0.2, 0) is 11.3 Å². The van der Waals surface area contributed by atoms with E-state index >= 15 is 0 Å². The molecule has 1 aromatic heterocycles. The van der Waals surface area contributed by atoms with Crippen molar-refractivity contribution in [2.75, 3.05) is 26.2 Å². The summed E-state index contributed by atoms with van der Waals surface area (Å²) in [6.45, 7) is 12.2. The first-order chi connectivity index (χ1) is 19.0. The Balaban J connectivity index is 1.84. The molecule has 10 heteroatoms. The number of benzene rings is 2. The molecule has 0 aliphatic carbocycles. The fourth-order valence-corrected chi connectivity index (χ4v) is 5.34. The Hall–Kier alpha value is -3.37. The number of urea groups is 1. The van der Waals surface area contributed by atoms with Crippen molar-refractivity contribution in [3.63, 3.8) is 0 Å². The fraction of sp³-hybridized carbons (Fsp3) is 0.500. The molecule has 0 radical (unpaired) electrons. The number of halogens is 2. The summed E-state index contributed by atoms with van der Waals surface area (Å²) in [4.78, 5) is 22.7. The zero-order chi connectivity index (χ0) is 29.0. The fourth-order valence-electron chi connectivity index (χ4n) is 5.34. The van der Waals surface area contributed by atoms with Crippen LogP contribution in [0.15, 0.2) is 48.5 Å². The van der Waals surface area contributed by atoms with Crippen molar-refractivity contribution < 1.29 is 18.3 Å². The number of ether oxygens (including phenoxy) is 1. The second-order valence-corrected chi connectivity index (χ2v) is 11.6. The Morgan fingerprint density at radius 1 is 1.10 bits per heavy atom. The zero-order valence-electron chi connectivity index (χ0n) is 24.0. The molecule has 2 aromatic carbocycles. The van der Waals surface area contributed by atoms with Crippen LogP contribution in [0.1, 0.15) is 58.5 Å². The van der Waals surface area contributed by atoms with Crippen LogP contribution >= 0.6 is 0 Å². The second kappa shape index (κ2) is 12.4. The van der Waals surface area contributed by atoms with Crippen LogP contribution in [0.5, 0.6) is 0 Å². The number of aromatic nitrogens is 3. The van der Waals surface area contributed by atoms with Gasteiger partial charge in [0.2, 0.25) is 0 Å². The minimum absolute atomic E-state index is 0.0895. The van der Waals surface area contributed by atoms with E-state index in [-0.39, 0.29) is 29.6 Å². The van der Waals surface area contributed by atoms with E-state index in [1.165, 1.54) is 12.1 Å². The monoisotopic (exact) mass is 554 g/mol. The summed E-state index contributed by atoms with van der Waals surface area (Å²) in [5, 5.41) is 4.73. The van der Waals surface area contributed by atoms with E-state index in [4.69, 9.17) is 20.6 Å². The van der Waals surface area contributed by atoms with E-state index in [2.05, 4.69) is 0 Å². The summed E-state index contributed by atoms with van der Waals surface area (Å²) < 4.78 is 36.0. The lowest BCUT2D eigenvalue weighted by Gasteiger charge is -2.44. The predicted molar refractivity (Wildman–Crippen MR) is 150 cm³/mol. The van der Waals surface area contributed by atoms with Crippen molar-refractivity contribution in [3.05, 3.63) is 71.6 Å². The lowest BCUT2D eigenvalue weighted by atomic mass is 9.84. The van der Waals surface area contributed by atoms with Crippen LogP contribution in [0.4, 0.5) is 13.6 Å². The molecule has 0 spiro atoms. The van der Waals surface area contributed by atoms with E-state index in [0.717, 1.165) is 11.6 Å². The Kier molecular flexibility index (Phi) is 9.20. The second-order valence-electron chi connectivity index (χ2n) is 11.6. The molecule has 1 fully saturated rings. The molecule has 0 saturated carbocycles. The Bertz CT molecular complexity index is 1260. The Morgan fingerprint density at radius 3 is 2.30 bits per heavy atom. The molecule has 1 saturated heterocycles. The van der Waals surface area contributed by atoms with Gasteiger partial charge in [-0.15, -0.1) is 0 Å². The maximum atomic E-state index is 14.2. The molecular formula is C30H40F2N6O2. The SMILES string of the molecule is C[C@@H]1CN(C(=O)N(CCCN)[C@@H](c2nc(-c3cc(F)cc(F)c3)nn2Cc2ccccc2)C(C)(C)C)C[C@H](C)O1. The van der Waals surface area contributed by atoms with Gasteiger partial charge in [-0.05, 0) is 49.9 Å². The van der Waals surface area contributed by atoms with Crippen LogP contribution < -0.4 is 5.73 Å². The molecule has 8 nitrogen and oxygen atoms in total. The molecule has 0 unspecified atom stereocenters. The number of carbonyl (C=O) groups excluding carboxylic acids is 1. The third-order valence-electron chi connectivity index (χ3n) is 6.91. The number of hydrogen-bond acceptors (Lipinski definition) is 5. The van der Waals surface area contributed by atoms with Crippen LogP contribution in [-0.4, -0.2) is 69.0 Å². The Morgan fingerprint density at radius 2 is 1.73 bits per heavy atom. The molecule has 40 heavy (non-hydrogen) atoms. The number of nitrogens with zero attached hydrogens (tertiary/aromatic N) is 5. The van der Waals surface area contributed by atoms with Gasteiger partial charge in [0.05, 0.1) is 24.8 Å². The van der Waals surface area contributed by atoms with Gasteiger partial charge in [-0.1, -0.05) is 51.1 Å². The van der Waals surface area contributed by atoms with E-state index in [9.17, 15) is 13.6 Å². The smallest absolute Gasteiger partial charge is 0.320 e. The van der Waals surface area contributed by atoms with Gasteiger partial charge >= 0.3 is 6.03 Å². The number of morpholine rings is 1. The average Bonchev–Trinajstić information content (AvgIpc) is 3.27. The minimum Gasteiger partial charge on any atom is -0.372 e. The summed E-state index contributed by atoms with van der Waals surface area (Å²) in [7, 11) is 0. The summed E-state index contributed by atoms with van der Waals surface area (Å²) in [5.74, 6) is -0.688. The number of amides is 2. The first-order valence-electron chi connectivity index (χ1n) is 13.8. The largest absolute Gasteiger partial charge is 0.372 e. The third kappa shape index (κ3) is 7.03. The molecule has 1 aliphatic heterocycles. The molecule has 2 heterocycles. The van der Waals surface area contributed by atoms with Gasteiger partial charge < -0.3 is 20.3 Å². The lowest BCUT2D eigenvalue weighted by molar-refractivity contribution is -0.0612. The van der Waals surface area contributed by atoms with E-state index < -0.39 is 23.1 Å². The summed E-state index contributed by atoms with van der Waals surface area (Å²) >= 11 is 0. The maximum absolute atomic E-state index is 14.2. The summed E-state index contributed by atoms with van der Waals surface area (Å²) in [6.07, 6.45) is 0.421. The molecule has 2 N–H and O–H groups in total. The van der Waals surface area contributed by atoms with Crippen molar-refractivity contribution >= 4 is 6.03 Å². The maximum Gasteiger partial charge on any atom is 0.320 e. The lowest BCUT2D eigenvalue weighted by Crippen LogP contribution is -2.55. The number of nitrogens with two attached hydrogens (primary N) is 1.